The zero-order valence-electron chi connectivity index (χ0n) is 19.7. The Bertz CT molecular complexity index is 1040. The van der Waals surface area contributed by atoms with Crippen molar-refractivity contribution in [3.63, 3.8) is 0 Å². The molecule has 0 radical (unpaired) electrons. The van der Waals surface area contributed by atoms with Gasteiger partial charge in [0.25, 0.3) is 0 Å². The highest BCUT2D eigenvalue weighted by Crippen LogP contribution is 2.35. The Hall–Kier alpha value is -2.02. The molecule has 6 rings (SSSR count). The highest BCUT2D eigenvalue weighted by molar-refractivity contribution is 7.80. The molecule has 1 aliphatic carbocycles. The molecule has 33 heavy (non-hydrogen) atoms. The molecule has 0 spiro atoms. The Morgan fingerprint density at radius 1 is 1.12 bits per heavy atom. The predicted molar refractivity (Wildman–Crippen MR) is 138 cm³/mol. The van der Waals surface area contributed by atoms with E-state index in [1.807, 2.05) is 6.20 Å². The lowest BCUT2D eigenvalue weighted by atomic mass is 9.89. The van der Waals surface area contributed by atoms with Gasteiger partial charge >= 0.3 is 0 Å². The van der Waals surface area contributed by atoms with E-state index in [-0.39, 0.29) is 0 Å². The highest BCUT2D eigenvalue weighted by atomic mass is 32.1. The van der Waals surface area contributed by atoms with Gasteiger partial charge in [0.15, 0.2) is 0 Å². The molecule has 174 valence electrons. The summed E-state index contributed by atoms with van der Waals surface area (Å²) >= 11 is 5.59. The van der Waals surface area contributed by atoms with Crippen LogP contribution in [0, 0.1) is 0 Å². The van der Waals surface area contributed by atoms with Crippen molar-refractivity contribution in [2.75, 3.05) is 38.1 Å². The van der Waals surface area contributed by atoms with Gasteiger partial charge in [-0.1, -0.05) is 30.4 Å². The lowest BCUT2D eigenvalue weighted by Crippen LogP contribution is -2.52. The maximum Gasteiger partial charge on any atom is 0.0783 e. The first-order valence-corrected chi connectivity index (χ1v) is 13.1. The molecule has 0 bridgehead atoms. The molecule has 2 fully saturated rings. The van der Waals surface area contributed by atoms with Crippen molar-refractivity contribution in [3.05, 3.63) is 58.9 Å². The second-order valence-electron chi connectivity index (χ2n) is 10.3. The molecule has 4 aliphatic rings. The number of nitrogens with one attached hydrogen (secondary N) is 1. The van der Waals surface area contributed by atoms with Gasteiger partial charge in [-0.25, -0.2) is 0 Å². The van der Waals surface area contributed by atoms with Crippen LogP contribution in [0.5, 0.6) is 0 Å². The van der Waals surface area contributed by atoms with Gasteiger partial charge in [0.2, 0.25) is 0 Å². The Balaban J connectivity index is 1.18. The van der Waals surface area contributed by atoms with Gasteiger partial charge in [-0.05, 0) is 74.4 Å². The van der Waals surface area contributed by atoms with Crippen LogP contribution in [0.15, 0.2) is 36.5 Å². The number of aryl methyl sites for hydroxylation is 1. The Labute approximate surface area is 203 Å². The summed E-state index contributed by atoms with van der Waals surface area (Å²) in [5.74, 6) is 0. The van der Waals surface area contributed by atoms with Gasteiger partial charge in [0.05, 0.1) is 16.7 Å². The summed E-state index contributed by atoms with van der Waals surface area (Å²) in [4.78, 5) is 13.6. The third kappa shape index (κ3) is 4.07. The van der Waals surface area contributed by atoms with Crippen molar-refractivity contribution in [1.29, 1.82) is 0 Å². The summed E-state index contributed by atoms with van der Waals surface area (Å²) in [6, 6.07) is 12.8. The first kappa shape index (κ1) is 21.5. The number of hydrogen-bond donors (Lipinski definition) is 1. The zero-order chi connectivity index (χ0) is 22.4. The fraction of sp³-hybridized carbons (Fsp3) is 0.556. The van der Waals surface area contributed by atoms with Crippen LogP contribution in [0.25, 0.3) is 0 Å². The molecular formula is C27H35N5S. The minimum Gasteiger partial charge on any atom is -0.367 e. The van der Waals surface area contributed by atoms with Crippen LogP contribution in [0.4, 0.5) is 5.69 Å². The van der Waals surface area contributed by atoms with Crippen molar-refractivity contribution in [1.82, 2.24) is 20.1 Å². The summed E-state index contributed by atoms with van der Waals surface area (Å²) in [6.07, 6.45) is 9.02. The SMILES string of the molecule is CN(C[C@H]1Cc2c(cccc2N2CCN3C(=S)CC[C@@H]3C2)CN1)[C@H]1CCCc2cccnc21. The summed E-state index contributed by atoms with van der Waals surface area (Å²) in [5, 5.41) is 3.84. The topological polar surface area (TPSA) is 34.6 Å². The molecule has 2 aromatic rings. The number of nitrogens with zero attached hydrogens (tertiary/aromatic N) is 4. The average molecular weight is 462 g/mol. The Kier molecular flexibility index (Phi) is 5.85. The molecule has 3 atom stereocenters. The number of likely N-dealkylation sites (N-methyl/N-ethyl adjacent to an activating group) is 1. The standard InChI is InChI=1S/C27H35N5S/c1-30(25-9-2-5-19-7-4-12-28-27(19)25)17-21-15-23-20(16-29-21)6-3-8-24(23)31-13-14-32-22(18-31)10-11-26(32)33/h3-4,6-8,12,21-22,25,29H,2,5,9-11,13-18H2,1H3/t21-,22-,25+/m1/s1. The molecule has 4 heterocycles. The van der Waals surface area contributed by atoms with Gasteiger partial charge in [-0.3, -0.25) is 9.88 Å². The van der Waals surface area contributed by atoms with Crippen LogP contribution < -0.4 is 10.2 Å². The largest absolute Gasteiger partial charge is 0.367 e. The van der Waals surface area contributed by atoms with E-state index in [1.54, 1.807) is 5.56 Å². The van der Waals surface area contributed by atoms with Crippen LogP contribution in [0.2, 0.25) is 0 Å². The van der Waals surface area contributed by atoms with Crippen LogP contribution >= 0.6 is 12.2 Å². The van der Waals surface area contributed by atoms with E-state index in [0.717, 1.165) is 45.6 Å². The second-order valence-corrected chi connectivity index (χ2v) is 10.8. The molecule has 1 aromatic heterocycles. The number of aromatic nitrogens is 1. The quantitative estimate of drug-likeness (QED) is 0.699. The van der Waals surface area contributed by atoms with Crippen LogP contribution in [-0.4, -0.2) is 65.1 Å². The minimum absolute atomic E-state index is 0.438. The first-order valence-electron chi connectivity index (χ1n) is 12.7. The number of piperazine rings is 1. The summed E-state index contributed by atoms with van der Waals surface area (Å²) in [7, 11) is 2.29. The number of anilines is 1. The Morgan fingerprint density at radius 3 is 2.97 bits per heavy atom. The van der Waals surface area contributed by atoms with Crippen LogP contribution in [-0.2, 0) is 19.4 Å². The number of fused-ring (bicyclic) bond motifs is 3. The van der Waals surface area contributed by atoms with Gasteiger partial charge in [-0.15, -0.1) is 0 Å². The lowest BCUT2D eigenvalue weighted by Gasteiger charge is -2.42. The number of rotatable bonds is 4. The van der Waals surface area contributed by atoms with Crippen LogP contribution in [0.1, 0.15) is 54.1 Å². The van der Waals surface area contributed by atoms with Crippen molar-refractivity contribution in [2.24, 2.45) is 0 Å². The lowest BCUT2D eigenvalue weighted by molar-refractivity contribution is 0.191. The Morgan fingerprint density at radius 2 is 2.03 bits per heavy atom. The van der Waals surface area contributed by atoms with Gasteiger partial charge in [0.1, 0.15) is 0 Å². The molecule has 3 aliphatic heterocycles. The number of pyridine rings is 1. The van der Waals surface area contributed by atoms with E-state index in [2.05, 4.69) is 57.4 Å². The molecule has 1 aromatic carbocycles. The van der Waals surface area contributed by atoms with Gasteiger partial charge < -0.3 is 15.1 Å². The van der Waals surface area contributed by atoms with Crippen molar-refractivity contribution < 1.29 is 0 Å². The van der Waals surface area contributed by atoms with E-state index in [9.17, 15) is 0 Å². The molecule has 6 heteroatoms. The molecule has 1 N–H and O–H groups in total. The van der Waals surface area contributed by atoms with Gasteiger partial charge in [-0.2, -0.15) is 0 Å². The molecule has 0 saturated carbocycles. The molecule has 0 unspecified atom stereocenters. The summed E-state index contributed by atoms with van der Waals surface area (Å²) in [6.45, 7) is 5.29. The smallest absolute Gasteiger partial charge is 0.0783 e. The van der Waals surface area contributed by atoms with E-state index >= 15 is 0 Å². The molecule has 2 saturated heterocycles. The number of benzene rings is 1. The van der Waals surface area contributed by atoms with Crippen molar-refractivity contribution in [3.8, 4) is 0 Å². The fourth-order valence-corrected chi connectivity index (χ4v) is 6.95. The number of hydrogen-bond acceptors (Lipinski definition) is 5. The van der Waals surface area contributed by atoms with Crippen LogP contribution in [0.3, 0.4) is 0 Å². The number of thiocarbonyl (C=S) groups is 1. The first-order chi connectivity index (χ1) is 16.2. The third-order valence-electron chi connectivity index (χ3n) is 8.32. The molecule has 5 nitrogen and oxygen atoms in total. The maximum atomic E-state index is 5.59. The van der Waals surface area contributed by atoms with Crippen molar-refractivity contribution in [2.45, 2.75) is 63.2 Å². The fourth-order valence-electron chi connectivity index (χ4n) is 6.59. The maximum absolute atomic E-state index is 5.59. The zero-order valence-corrected chi connectivity index (χ0v) is 20.5. The summed E-state index contributed by atoms with van der Waals surface area (Å²) in [5.41, 5.74) is 7.24. The minimum atomic E-state index is 0.438. The third-order valence-corrected chi connectivity index (χ3v) is 8.76. The van der Waals surface area contributed by atoms with E-state index < -0.39 is 0 Å². The predicted octanol–water partition coefficient (Wildman–Crippen LogP) is 3.72. The molecular weight excluding hydrogens is 426 g/mol. The van der Waals surface area contributed by atoms with Crippen molar-refractivity contribution >= 4 is 22.9 Å². The highest BCUT2D eigenvalue weighted by Gasteiger charge is 2.35. The monoisotopic (exact) mass is 461 g/mol. The van der Waals surface area contributed by atoms with E-state index in [0.29, 0.717) is 18.1 Å². The van der Waals surface area contributed by atoms with E-state index in [1.165, 1.54) is 53.2 Å². The molecule has 0 amide bonds. The second kappa shape index (κ2) is 8.97. The average Bonchev–Trinajstić information content (AvgIpc) is 3.23. The van der Waals surface area contributed by atoms with Gasteiger partial charge in [0, 0.05) is 56.7 Å². The van der Waals surface area contributed by atoms with E-state index in [4.69, 9.17) is 17.2 Å². The summed E-state index contributed by atoms with van der Waals surface area (Å²) < 4.78 is 0. The normalized spacial score (nSPS) is 26.8.